The third-order valence-corrected chi connectivity index (χ3v) is 7.56. The van der Waals surface area contributed by atoms with Crippen LogP contribution < -0.4 is 4.74 Å². The number of aromatic nitrogens is 1. The first-order valence-corrected chi connectivity index (χ1v) is 11.0. The van der Waals surface area contributed by atoms with Gasteiger partial charge < -0.3 is 14.6 Å². The second-order valence-corrected chi connectivity index (χ2v) is 8.96. The number of methoxy groups -OCH3 is 1. The van der Waals surface area contributed by atoms with E-state index in [0.29, 0.717) is 29.6 Å². The van der Waals surface area contributed by atoms with Gasteiger partial charge in [-0.05, 0) is 61.7 Å². The second kappa shape index (κ2) is 6.88. The Kier molecular flexibility index (Phi) is 4.13. The molecule has 0 spiro atoms. The number of amides is 1. The number of carbonyl (C=O) groups is 1. The van der Waals surface area contributed by atoms with Crippen LogP contribution in [0.1, 0.15) is 34.8 Å². The van der Waals surface area contributed by atoms with Gasteiger partial charge >= 0.3 is 0 Å². The Labute approximate surface area is 176 Å². The fourth-order valence-electron chi connectivity index (χ4n) is 6.14. The fourth-order valence-corrected chi connectivity index (χ4v) is 6.14. The number of H-pyrrole nitrogens is 1. The molecule has 2 aromatic carbocycles. The summed E-state index contributed by atoms with van der Waals surface area (Å²) >= 11 is 0. The van der Waals surface area contributed by atoms with E-state index < -0.39 is 0 Å². The van der Waals surface area contributed by atoms with E-state index in [1.54, 1.807) is 7.11 Å². The molecule has 0 saturated carbocycles. The molecule has 4 aliphatic heterocycles. The fraction of sp³-hybridized carbons (Fsp3) is 0.400. The molecule has 1 amide bonds. The van der Waals surface area contributed by atoms with E-state index in [4.69, 9.17) is 4.74 Å². The molecule has 0 aliphatic carbocycles. The average Bonchev–Trinajstić information content (AvgIpc) is 3.43. The van der Waals surface area contributed by atoms with Crippen molar-refractivity contribution in [3.63, 3.8) is 0 Å². The molecule has 3 atom stereocenters. The van der Waals surface area contributed by atoms with Crippen LogP contribution in [0.4, 0.5) is 0 Å². The van der Waals surface area contributed by atoms with Crippen molar-refractivity contribution in [2.75, 3.05) is 26.7 Å². The molecule has 1 N–H and O–H groups in total. The molecule has 154 valence electrons. The lowest BCUT2D eigenvalue weighted by Gasteiger charge is -2.51. The van der Waals surface area contributed by atoms with Crippen LogP contribution in [0, 0.1) is 5.92 Å². The summed E-state index contributed by atoms with van der Waals surface area (Å²) in [6.07, 6.45) is 2.40. The number of nitrogens with one attached hydrogen (secondary N) is 1. The third kappa shape index (κ3) is 2.68. The van der Waals surface area contributed by atoms with Gasteiger partial charge in [0.2, 0.25) is 0 Å². The number of ether oxygens (including phenoxy) is 1. The molecule has 0 radical (unpaired) electrons. The van der Waals surface area contributed by atoms with Crippen molar-refractivity contribution in [2.24, 2.45) is 5.92 Å². The van der Waals surface area contributed by atoms with E-state index in [1.165, 1.54) is 18.4 Å². The van der Waals surface area contributed by atoms with Gasteiger partial charge in [0, 0.05) is 29.4 Å². The lowest BCUT2D eigenvalue weighted by atomic mass is 9.75. The molecular weight excluding hydrogens is 374 g/mol. The Hall–Kier alpha value is -2.79. The van der Waals surface area contributed by atoms with Crippen molar-refractivity contribution in [3.05, 3.63) is 65.9 Å². The number of carbonyl (C=O) groups excluding carboxylic acids is 1. The summed E-state index contributed by atoms with van der Waals surface area (Å²) in [5, 5.41) is 1.09. The first-order valence-electron chi connectivity index (χ1n) is 11.0. The summed E-state index contributed by atoms with van der Waals surface area (Å²) in [7, 11) is 1.70. The number of hydrogen-bond donors (Lipinski definition) is 1. The Morgan fingerprint density at radius 1 is 1.03 bits per heavy atom. The lowest BCUT2D eigenvalue weighted by Crippen LogP contribution is -2.60. The highest BCUT2D eigenvalue weighted by Crippen LogP contribution is 2.47. The number of rotatable bonds is 3. The van der Waals surface area contributed by atoms with Crippen LogP contribution in [-0.2, 0) is 0 Å². The molecule has 2 bridgehead atoms. The maximum atomic E-state index is 13.7. The molecule has 7 rings (SSSR count). The Morgan fingerprint density at radius 2 is 1.80 bits per heavy atom. The number of piperidine rings is 3. The monoisotopic (exact) mass is 401 g/mol. The van der Waals surface area contributed by atoms with Gasteiger partial charge in [-0.2, -0.15) is 0 Å². The van der Waals surface area contributed by atoms with Crippen LogP contribution in [0.15, 0.2) is 54.6 Å². The SMILES string of the molecule is COc1ccc([C@@H]2CN(C(=O)c3cc4ccccc4[nH]3)[C@@H]3C4CCN(CC4)[C@@H]32)cc1. The summed E-state index contributed by atoms with van der Waals surface area (Å²) in [5.74, 6) is 1.98. The maximum Gasteiger partial charge on any atom is 0.270 e. The van der Waals surface area contributed by atoms with Crippen molar-refractivity contribution < 1.29 is 9.53 Å². The van der Waals surface area contributed by atoms with Crippen LogP contribution >= 0.6 is 0 Å². The Morgan fingerprint density at radius 3 is 2.53 bits per heavy atom. The van der Waals surface area contributed by atoms with Crippen molar-refractivity contribution in [2.45, 2.75) is 30.8 Å². The minimum Gasteiger partial charge on any atom is -0.497 e. The van der Waals surface area contributed by atoms with Gasteiger partial charge in [0.25, 0.3) is 5.91 Å². The number of likely N-dealkylation sites (tertiary alicyclic amines) is 1. The minimum atomic E-state index is 0.144. The van der Waals surface area contributed by atoms with Gasteiger partial charge in [-0.1, -0.05) is 30.3 Å². The molecule has 1 aromatic heterocycles. The van der Waals surface area contributed by atoms with Crippen LogP contribution in [-0.4, -0.2) is 59.5 Å². The molecule has 5 heteroatoms. The number of hydrogen-bond acceptors (Lipinski definition) is 3. The maximum absolute atomic E-state index is 13.7. The highest BCUT2D eigenvalue weighted by molar-refractivity contribution is 5.98. The molecule has 5 heterocycles. The predicted octanol–water partition coefficient (Wildman–Crippen LogP) is 3.88. The topological polar surface area (TPSA) is 48.6 Å². The first-order chi connectivity index (χ1) is 14.7. The van der Waals surface area contributed by atoms with E-state index in [2.05, 4.69) is 33.0 Å². The number of para-hydroxylation sites is 1. The van der Waals surface area contributed by atoms with Gasteiger partial charge in [-0.3, -0.25) is 9.69 Å². The zero-order chi connectivity index (χ0) is 20.2. The van der Waals surface area contributed by atoms with Gasteiger partial charge in [0.05, 0.1) is 13.2 Å². The summed E-state index contributed by atoms with van der Waals surface area (Å²) in [5.41, 5.74) is 3.05. The highest BCUT2D eigenvalue weighted by atomic mass is 16.5. The van der Waals surface area contributed by atoms with Gasteiger partial charge in [0.15, 0.2) is 0 Å². The van der Waals surface area contributed by atoms with Gasteiger partial charge in [-0.25, -0.2) is 0 Å². The predicted molar refractivity (Wildman–Crippen MR) is 117 cm³/mol. The standard InChI is InChI=1S/C25H27N3O2/c1-30-19-8-6-16(7-9-19)20-15-28(23-17-10-12-27(13-11-17)24(20)23)25(29)22-14-18-4-2-3-5-21(18)26-22/h2-9,14,17,20,23-24,26H,10-13,15H2,1H3/t20-,23+,24+/m0/s1. The zero-order valence-electron chi connectivity index (χ0n) is 17.3. The van der Waals surface area contributed by atoms with E-state index >= 15 is 0 Å². The molecule has 3 aromatic rings. The van der Waals surface area contributed by atoms with Crippen molar-refractivity contribution in [1.82, 2.24) is 14.8 Å². The third-order valence-electron chi connectivity index (χ3n) is 7.56. The molecular formula is C25H27N3O2. The first kappa shape index (κ1) is 18.0. The average molecular weight is 402 g/mol. The Balaban J connectivity index is 1.37. The minimum absolute atomic E-state index is 0.144. The molecule has 4 aliphatic rings. The number of benzene rings is 2. The van der Waals surface area contributed by atoms with Crippen LogP contribution in [0.2, 0.25) is 0 Å². The smallest absolute Gasteiger partial charge is 0.270 e. The molecule has 4 fully saturated rings. The van der Waals surface area contributed by atoms with Crippen LogP contribution in [0.3, 0.4) is 0 Å². The van der Waals surface area contributed by atoms with E-state index in [0.717, 1.165) is 36.3 Å². The summed E-state index contributed by atoms with van der Waals surface area (Å²) in [6, 6.07) is 19.3. The summed E-state index contributed by atoms with van der Waals surface area (Å²) < 4.78 is 5.35. The summed E-state index contributed by atoms with van der Waals surface area (Å²) in [4.78, 5) is 21.9. The van der Waals surface area contributed by atoms with E-state index in [9.17, 15) is 4.79 Å². The zero-order valence-corrected chi connectivity index (χ0v) is 17.3. The van der Waals surface area contributed by atoms with Crippen molar-refractivity contribution in [1.29, 1.82) is 0 Å². The lowest BCUT2D eigenvalue weighted by molar-refractivity contribution is -0.00355. The molecule has 4 saturated heterocycles. The van der Waals surface area contributed by atoms with Crippen molar-refractivity contribution >= 4 is 16.8 Å². The molecule has 0 unspecified atom stereocenters. The largest absolute Gasteiger partial charge is 0.497 e. The van der Waals surface area contributed by atoms with Crippen LogP contribution in [0.25, 0.3) is 10.9 Å². The Bertz CT molecular complexity index is 1050. The van der Waals surface area contributed by atoms with E-state index in [-0.39, 0.29) is 5.91 Å². The van der Waals surface area contributed by atoms with Crippen LogP contribution in [0.5, 0.6) is 5.75 Å². The van der Waals surface area contributed by atoms with Gasteiger partial charge in [-0.15, -0.1) is 0 Å². The second-order valence-electron chi connectivity index (χ2n) is 8.96. The van der Waals surface area contributed by atoms with Crippen molar-refractivity contribution in [3.8, 4) is 5.75 Å². The van der Waals surface area contributed by atoms with Gasteiger partial charge in [0.1, 0.15) is 11.4 Å². The molecule has 30 heavy (non-hydrogen) atoms. The number of nitrogens with zero attached hydrogens (tertiary/aromatic N) is 2. The number of aromatic amines is 1. The highest BCUT2D eigenvalue weighted by Gasteiger charge is 2.54. The summed E-state index contributed by atoms with van der Waals surface area (Å²) in [6.45, 7) is 3.10. The molecule has 5 nitrogen and oxygen atoms in total. The normalized spacial score (nSPS) is 29.9. The quantitative estimate of drug-likeness (QED) is 0.725. The van der Waals surface area contributed by atoms with E-state index in [1.807, 2.05) is 36.4 Å². The number of fused-ring (bicyclic) bond motifs is 3.